The van der Waals surface area contributed by atoms with Gasteiger partial charge >= 0.3 is 0 Å². The second-order valence-electron chi connectivity index (χ2n) is 5.20. The number of amides is 1. The van der Waals surface area contributed by atoms with Crippen LogP contribution in [0, 0.1) is 0 Å². The molecule has 1 N–H and O–H groups in total. The normalized spacial score (nSPS) is 23.5. The van der Waals surface area contributed by atoms with Crippen LogP contribution in [0.5, 0.6) is 0 Å². The molecule has 5 nitrogen and oxygen atoms in total. The average molecular weight is 316 g/mol. The summed E-state index contributed by atoms with van der Waals surface area (Å²) in [5.74, 6) is -0.189. The van der Waals surface area contributed by atoms with Gasteiger partial charge in [0.25, 0.3) is 5.91 Å². The number of halogens is 1. The smallest absolute Gasteiger partial charge is 0.274 e. The highest BCUT2D eigenvalue weighted by Crippen LogP contribution is 2.24. The highest BCUT2D eigenvalue weighted by atomic mass is 35.5. The molecule has 0 saturated carbocycles. The zero-order valence-corrected chi connectivity index (χ0v) is 13.2. The van der Waals surface area contributed by atoms with Crippen LogP contribution in [0.1, 0.15) is 36.7 Å². The first-order valence-corrected chi connectivity index (χ1v) is 8.11. The quantitative estimate of drug-likeness (QED) is 0.669. The van der Waals surface area contributed by atoms with Crippen LogP contribution in [0.15, 0.2) is 11.4 Å². The SMILES string of the molecule is CSc1ncc(Cl)c(C(=O)N2CCCC(C)(O)CC2)n1. The number of hydrogen-bond acceptors (Lipinski definition) is 5. The highest BCUT2D eigenvalue weighted by molar-refractivity contribution is 7.98. The molecule has 0 aliphatic carbocycles. The lowest BCUT2D eigenvalue weighted by atomic mass is 9.98. The van der Waals surface area contributed by atoms with Crippen LogP contribution in [0.25, 0.3) is 0 Å². The number of carbonyl (C=O) groups is 1. The van der Waals surface area contributed by atoms with Gasteiger partial charge in [0, 0.05) is 13.1 Å². The van der Waals surface area contributed by atoms with Crippen LogP contribution in [0.2, 0.25) is 5.02 Å². The zero-order valence-electron chi connectivity index (χ0n) is 11.6. The summed E-state index contributed by atoms with van der Waals surface area (Å²) in [7, 11) is 0. The minimum atomic E-state index is -0.699. The standard InChI is InChI=1S/C13H18ClN3O2S/c1-13(19)4-3-6-17(7-5-13)11(18)10-9(14)8-15-12(16-10)20-2/h8,19H,3-7H2,1-2H3. The van der Waals surface area contributed by atoms with Crippen LogP contribution in [-0.2, 0) is 0 Å². The first kappa shape index (κ1) is 15.5. The van der Waals surface area contributed by atoms with Crippen LogP contribution in [-0.4, -0.2) is 50.8 Å². The molecule has 1 saturated heterocycles. The van der Waals surface area contributed by atoms with Crippen LogP contribution in [0.4, 0.5) is 0 Å². The van der Waals surface area contributed by atoms with E-state index in [0.717, 1.165) is 6.42 Å². The van der Waals surface area contributed by atoms with Gasteiger partial charge in [-0.25, -0.2) is 9.97 Å². The largest absolute Gasteiger partial charge is 0.390 e. The Morgan fingerprint density at radius 2 is 2.25 bits per heavy atom. The Morgan fingerprint density at radius 3 is 2.95 bits per heavy atom. The minimum absolute atomic E-state index is 0.189. The Bertz CT molecular complexity index is 510. The van der Waals surface area contributed by atoms with E-state index in [1.54, 1.807) is 4.90 Å². The molecular weight excluding hydrogens is 298 g/mol. The van der Waals surface area contributed by atoms with Gasteiger partial charge in [-0.2, -0.15) is 0 Å². The van der Waals surface area contributed by atoms with Crippen LogP contribution >= 0.6 is 23.4 Å². The second kappa shape index (κ2) is 6.28. The summed E-state index contributed by atoms with van der Waals surface area (Å²) in [6.07, 6.45) is 5.35. The maximum Gasteiger partial charge on any atom is 0.274 e. The predicted octanol–water partition coefficient (Wildman–Crippen LogP) is 2.23. The average Bonchev–Trinajstić information content (AvgIpc) is 2.59. The van der Waals surface area contributed by atoms with Crippen molar-refractivity contribution in [3.8, 4) is 0 Å². The minimum Gasteiger partial charge on any atom is -0.390 e. The van der Waals surface area contributed by atoms with Crippen LogP contribution < -0.4 is 0 Å². The van der Waals surface area contributed by atoms with E-state index in [2.05, 4.69) is 9.97 Å². The number of carbonyl (C=O) groups excluding carboxylic acids is 1. The molecule has 0 spiro atoms. The number of rotatable bonds is 2. The maximum absolute atomic E-state index is 12.5. The van der Waals surface area contributed by atoms with E-state index in [9.17, 15) is 9.90 Å². The molecule has 1 aliphatic heterocycles. The number of likely N-dealkylation sites (tertiary alicyclic amines) is 1. The number of aromatic nitrogens is 2. The molecule has 1 atom stereocenters. The van der Waals surface area contributed by atoms with Gasteiger partial charge in [0.05, 0.1) is 16.8 Å². The lowest BCUT2D eigenvalue weighted by Crippen LogP contribution is -2.34. The molecule has 1 aromatic heterocycles. The summed E-state index contributed by atoms with van der Waals surface area (Å²) in [6.45, 7) is 2.94. The summed E-state index contributed by atoms with van der Waals surface area (Å²) >= 11 is 7.40. The van der Waals surface area contributed by atoms with Gasteiger partial charge in [-0.3, -0.25) is 4.79 Å². The lowest BCUT2D eigenvalue weighted by molar-refractivity contribution is 0.0437. The molecule has 1 aromatic rings. The third-order valence-electron chi connectivity index (χ3n) is 3.46. The van der Waals surface area contributed by atoms with Gasteiger partial charge in [-0.05, 0) is 32.4 Å². The van der Waals surface area contributed by atoms with E-state index >= 15 is 0 Å². The Morgan fingerprint density at radius 1 is 1.50 bits per heavy atom. The summed E-state index contributed by atoms with van der Waals surface area (Å²) in [5.41, 5.74) is -0.456. The van der Waals surface area contributed by atoms with Gasteiger partial charge in [-0.1, -0.05) is 23.4 Å². The number of hydrogen-bond donors (Lipinski definition) is 1. The molecule has 2 heterocycles. The van der Waals surface area contributed by atoms with E-state index in [-0.39, 0.29) is 16.6 Å². The monoisotopic (exact) mass is 315 g/mol. The maximum atomic E-state index is 12.5. The van der Waals surface area contributed by atoms with Crippen molar-refractivity contribution in [2.75, 3.05) is 19.3 Å². The van der Waals surface area contributed by atoms with E-state index < -0.39 is 5.60 Å². The van der Waals surface area contributed by atoms with Crippen molar-refractivity contribution < 1.29 is 9.90 Å². The molecule has 0 bridgehead atoms. The van der Waals surface area contributed by atoms with Crippen molar-refractivity contribution in [2.45, 2.75) is 36.9 Å². The number of nitrogens with zero attached hydrogens (tertiary/aromatic N) is 3. The fourth-order valence-corrected chi connectivity index (χ4v) is 2.73. The molecule has 0 radical (unpaired) electrons. The van der Waals surface area contributed by atoms with Gasteiger partial charge in [0.2, 0.25) is 0 Å². The molecule has 1 amide bonds. The third-order valence-corrected chi connectivity index (χ3v) is 4.30. The zero-order chi connectivity index (χ0) is 14.8. The van der Waals surface area contributed by atoms with Gasteiger partial charge in [0.1, 0.15) is 0 Å². The summed E-state index contributed by atoms with van der Waals surface area (Å²) in [4.78, 5) is 22.5. The predicted molar refractivity (Wildman–Crippen MR) is 79.2 cm³/mol. The first-order chi connectivity index (χ1) is 9.43. The van der Waals surface area contributed by atoms with E-state index in [1.165, 1.54) is 18.0 Å². The van der Waals surface area contributed by atoms with E-state index in [1.807, 2.05) is 13.2 Å². The lowest BCUT2D eigenvalue weighted by Gasteiger charge is -2.22. The molecule has 1 fully saturated rings. The molecule has 1 unspecified atom stereocenters. The molecule has 2 rings (SSSR count). The van der Waals surface area contributed by atoms with Gasteiger partial charge in [0.15, 0.2) is 10.9 Å². The van der Waals surface area contributed by atoms with Crippen molar-refractivity contribution in [3.05, 3.63) is 16.9 Å². The second-order valence-corrected chi connectivity index (χ2v) is 6.38. The molecule has 0 aromatic carbocycles. The molecule has 1 aliphatic rings. The van der Waals surface area contributed by atoms with Crippen molar-refractivity contribution in [2.24, 2.45) is 0 Å². The fraction of sp³-hybridized carbons (Fsp3) is 0.615. The number of aliphatic hydroxyl groups is 1. The topological polar surface area (TPSA) is 66.3 Å². The summed E-state index contributed by atoms with van der Waals surface area (Å²) in [5, 5.41) is 10.9. The van der Waals surface area contributed by atoms with Crippen molar-refractivity contribution in [1.29, 1.82) is 0 Å². The van der Waals surface area contributed by atoms with Gasteiger partial charge in [-0.15, -0.1) is 0 Å². The Hall–Kier alpha value is -0.850. The first-order valence-electron chi connectivity index (χ1n) is 6.51. The Labute approximate surface area is 127 Å². The highest BCUT2D eigenvalue weighted by Gasteiger charge is 2.28. The van der Waals surface area contributed by atoms with Crippen LogP contribution in [0.3, 0.4) is 0 Å². The van der Waals surface area contributed by atoms with Crippen molar-refractivity contribution in [1.82, 2.24) is 14.9 Å². The summed E-state index contributed by atoms with van der Waals surface area (Å²) < 4.78 is 0. The molecule has 110 valence electrons. The number of thioether (sulfide) groups is 1. The summed E-state index contributed by atoms with van der Waals surface area (Å²) in [6, 6.07) is 0. The van der Waals surface area contributed by atoms with E-state index in [4.69, 9.17) is 11.6 Å². The third kappa shape index (κ3) is 3.62. The van der Waals surface area contributed by atoms with Gasteiger partial charge < -0.3 is 10.0 Å². The molecule has 20 heavy (non-hydrogen) atoms. The fourth-order valence-electron chi connectivity index (χ4n) is 2.22. The molecular formula is C13H18ClN3O2S. The Kier molecular flexibility index (Phi) is 4.88. The van der Waals surface area contributed by atoms with Crippen molar-refractivity contribution >= 4 is 29.3 Å². The Balaban J connectivity index is 2.18. The molecule has 7 heteroatoms. The van der Waals surface area contributed by atoms with Crippen molar-refractivity contribution in [3.63, 3.8) is 0 Å². The van der Waals surface area contributed by atoms with E-state index in [0.29, 0.717) is 31.1 Å².